The van der Waals surface area contributed by atoms with Crippen LogP contribution in [-0.2, 0) is 6.54 Å². The van der Waals surface area contributed by atoms with Gasteiger partial charge in [-0.3, -0.25) is 9.78 Å². The molecule has 0 spiro atoms. The number of carbonyl (C=O) groups is 2. The molecule has 2 heterocycles. The van der Waals surface area contributed by atoms with Gasteiger partial charge in [-0.25, -0.2) is 9.78 Å². The molecule has 6 heteroatoms. The first-order valence-corrected chi connectivity index (χ1v) is 5.91. The molecule has 0 aliphatic carbocycles. The van der Waals surface area contributed by atoms with E-state index in [9.17, 15) is 9.59 Å². The van der Waals surface area contributed by atoms with E-state index in [1.54, 1.807) is 19.4 Å². The molecule has 1 amide bonds. The van der Waals surface area contributed by atoms with Crippen LogP contribution < -0.4 is 0 Å². The Balaban J connectivity index is 2.08. The fourth-order valence-corrected chi connectivity index (χ4v) is 1.70. The van der Waals surface area contributed by atoms with Gasteiger partial charge in [-0.2, -0.15) is 0 Å². The number of aromatic carboxylic acids is 1. The molecule has 0 aliphatic rings. The highest BCUT2D eigenvalue weighted by Crippen LogP contribution is 2.08. The molecule has 102 valence electrons. The number of pyridine rings is 2. The van der Waals surface area contributed by atoms with Crippen molar-refractivity contribution >= 4 is 11.9 Å². The van der Waals surface area contributed by atoms with Gasteiger partial charge in [-0.15, -0.1) is 0 Å². The quantitative estimate of drug-likeness (QED) is 0.909. The van der Waals surface area contributed by atoms with Crippen molar-refractivity contribution in [3.8, 4) is 0 Å². The Bertz CT molecular complexity index is 611. The molecule has 0 unspecified atom stereocenters. The first-order chi connectivity index (χ1) is 9.58. The molecule has 0 aromatic carbocycles. The normalized spacial score (nSPS) is 10.1. The van der Waals surface area contributed by atoms with Gasteiger partial charge in [0.2, 0.25) is 0 Å². The Morgan fingerprint density at radius 2 is 1.90 bits per heavy atom. The van der Waals surface area contributed by atoms with Gasteiger partial charge in [-0.05, 0) is 29.8 Å². The van der Waals surface area contributed by atoms with Crippen LogP contribution in [0.1, 0.15) is 26.4 Å². The number of carboxylic acids is 1. The molecular weight excluding hydrogens is 258 g/mol. The summed E-state index contributed by atoms with van der Waals surface area (Å²) in [6.07, 6.45) is 4.60. The number of rotatable bonds is 4. The van der Waals surface area contributed by atoms with E-state index in [0.717, 1.165) is 5.56 Å². The van der Waals surface area contributed by atoms with Crippen molar-refractivity contribution in [3.05, 3.63) is 59.7 Å². The molecule has 1 N–H and O–H groups in total. The summed E-state index contributed by atoms with van der Waals surface area (Å²) in [5, 5.41) is 8.75. The second-order valence-electron chi connectivity index (χ2n) is 4.25. The second kappa shape index (κ2) is 5.92. The monoisotopic (exact) mass is 271 g/mol. The highest BCUT2D eigenvalue weighted by atomic mass is 16.4. The predicted molar refractivity (Wildman–Crippen MR) is 71.2 cm³/mol. The standard InChI is InChI=1S/C14H13N3O3/c1-17(9-10-4-6-15-7-5-10)13(18)11-2-3-12(14(19)20)16-8-11/h2-8H,9H2,1H3,(H,19,20). The van der Waals surface area contributed by atoms with Gasteiger partial charge in [0.05, 0.1) is 5.56 Å². The van der Waals surface area contributed by atoms with Crippen LogP contribution in [0.2, 0.25) is 0 Å². The summed E-state index contributed by atoms with van der Waals surface area (Å²) in [6, 6.07) is 6.43. The Kier molecular flexibility index (Phi) is 4.05. The number of nitrogens with zero attached hydrogens (tertiary/aromatic N) is 3. The number of carboxylic acid groups (broad SMARTS) is 1. The van der Waals surface area contributed by atoms with Crippen LogP contribution in [-0.4, -0.2) is 38.9 Å². The van der Waals surface area contributed by atoms with E-state index >= 15 is 0 Å². The molecule has 0 radical (unpaired) electrons. The van der Waals surface area contributed by atoms with E-state index in [-0.39, 0.29) is 11.6 Å². The van der Waals surface area contributed by atoms with Crippen molar-refractivity contribution in [1.82, 2.24) is 14.9 Å². The highest BCUT2D eigenvalue weighted by molar-refractivity contribution is 5.94. The van der Waals surface area contributed by atoms with Crippen LogP contribution in [0, 0.1) is 0 Å². The molecule has 0 saturated carbocycles. The molecule has 0 bridgehead atoms. The summed E-state index contributed by atoms with van der Waals surface area (Å²) >= 11 is 0. The summed E-state index contributed by atoms with van der Waals surface area (Å²) in [5.74, 6) is -1.33. The van der Waals surface area contributed by atoms with Crippen molar-refractivity contribution in [2.75, 3.05) is 7.05 Å². The van der Waals surface area contributed by atoms with Gasteiger partial charge in [0.1, 0.15) is 5.69 Å². The SMILES string of the molecule is CN(Cc1ccncc1)C(=O)c1ccc(C(=O)O)nc1. The molecule has 0 saturated heterocycles. The second-order valence-corrected chi connectivity index (χ2v) is 4.25. The van der Waals surface area contributed by atoms with E-state index in [4.69, 9.17) is 5.11 Å². The minimum Gasteiger partial charge on any atom is -0.477 e. The Labute approximate surface area is 115 Å². The largest absolute Gasteiger partial charge is 0.477 e. The van der Waals surface area contributed by atoms with Crippen LogP contribution in [0.5, 0.6) is 0 Å². The molecular formula is C14H13N3O3. The van der Waals surface area contributed by atoms with E-state index < -0.39 is 5.97 Å². The lowest BCUT2D eigenvalue weighted by atomic mass is 10.2. The summed E-state index contributed by atoms with van der Waals surface area (Å²) in [5.41, 5.74) is 1.23. The lowest BCUT2D eigenvalue weighted by Crippen LogP contribution is -2.26. The highest BCUT2D eigenvalue weighted by Gasteiger charge is 2.13. The average molecular weight is 271 g/mol. The average Bonchev–Trinajstić information content (AvgIpc) is 2.47. The lowest BCUT2D eigenvalue weighted by molar-refractivity contribution is 0.0688. The maximum absolute atomic E-state index is 12.2. The van der Waals surface area contributed by atoms with Crippen LogP contribution in [0.3, 0.4) is 0 Å². The van der Waals surface area contributed by atoms with Crippen LogP contribution >= 0.6 is 0 Å². The van der Waals surface area contributed by atoms with Crippen molar-refractivity contribution in [2.24, 2.45) is 0 Å². The maximum Gasteiger partial charge on any atom is 0.354 e. The Morgan fingerprint density at radius 3 is 2.45 bits per heavy atom. The third kappa shape index (κ3) is 3.17. The number of amides is 1. The predicted octanol–water partition coefficient (Wildman–Crippen LogP) is 1.45. The van der Waals surface area contributed by atoms with Gasteiger partial charge in [0, 0.05) is 32.2 Å². The van der Waals surface area contributed by atoms with Gasteiger partial charge in [-0.1, -0.05) is 0 Å². The number of carbonyl (C=O) groups excluding carboxylic acids is 1. The minimum atomic E-state index is -1.12. The molecule has 6 nitrogen and oxygen atoms in total. The zero-order chi connectivity index (χ0) is 14.5. The lowest BCUT2D eigenvalue weighted by Gasteiger charge is -2.17. The van der Waals surface area contributed by atoms with Crippen LogP contribution in [0.4, 0.5) is 0 Å². The Hall–Kier alpha value is -2.76. The van der Waals surface area contributed by atoms with E-state index in [1.165, 1.54) is 23.2 Å². The zero-order valence-corrected chi connectivity index (χ0v) is 10.9. The molecule has 2 aromatic rings. The summed E-state index contributed by atoms with van der Waals surface area (Å²) in [7, 11) is 1.67. The third-order valence-corrected chi connectivity index (χ3v) is 2.75. The smallest absolute Gasteiger partial charge is 0.354 e. The minimum absolute atomic E-state index is 0.0849. The molecule has 20 heavy (non-hydrogen) atoms. The molecule has 2 aromatic heterocycles. The van der Waals surface area contributed by atoms with Gasteiger partial charge in [0.25, 0.3) is 5.91 Å². The first kappa shape index (κ1) is 13.7. The van der Waals surface area contributed by atoms with Crippen LogP contribution in [0.25, 0.3) is 0 Å². The van der Waals surface area contributed by atoms with Gasteiger partial charge in [0.15, 0.2) is 0 Å². The van der Waals surface area contributed by atoms with Crippen molar-refractivity contribution in [1.29, 1.82) is 0 Å². The van der Waals surface area contributed by atoms with E-state index in [0.29, 0.717) is 12.1 Å². The third-order valence-electron chi connectivity index (χ3n) is 2.75. The zero-order valence-electron chi connectivity index (χ0n) is 10.9. The molecule has 0 aliphatic heterocycles. The number of hydrogen-bond acceptors (Lipinski definition) is 4. The Morgan fingerprint density at radius 1 is 1.20 bits per heavy atom. The fraction of sp³-hybridized carbons (Fsp3) is 0.143. The number of aromatic nitrogens is 2. The van der Waals surface area contributed by atoms with Crippen molar-refractivity contribution in [3.63, 3.8) is 0 Å². The van der Waals surface area contributed by atoms with E-state index in [2.05, 4.69) is 9.97 Å². The molecule has 0 fully saturated rings. The van der Waals surface area contributed by atoms with Gasteiger partial charge < -0.3 is 10.0 Å². The first-order valence-electron chi connectivity index (χ1n) is 5.91. The van der Waals surface area contributed by atoms with E-state index in [1.807, 2.05) is 12.1 Å². The topological polar surface area (TPSA) is 83.4 Å². The summed E-state index contributed by atoms with van der Waals surface area (Å²) in [6.45, 7) is 0.446. The van der Waals surface area contributed by atoms with Crippen molar-refractivity contribution < 1.29 is 14.7 Å². The van der Waals surface area contributed by atoms with Crippen molar-refractivity contribution in [2.45, 2.75) is 6.54 Å². The van der Waals surface area contributed by atoms with Crippen LogP contribution in [0.15, 0.2) is 42.9 Å². The fourth-order valence-electron chi connectivity index (χ4n) is 1.70. The maximum atomic E-state index is 12.2. The number of hydrogen-bond donors (Lipinski definition) is 1. The summed E-state index contributed by atoms with van der Waals surface area (Å²) < 4.78 is 0. The van der Waals surface area contributed by atoms with Gasteiger partial charge >= 0.3 is 5.97 Å². The molecule has 0 atom stereocenters. The molecule has 2 rings (SSSR count). The summed E-state index contributed by atoms with van der Waals surface area (Å²) in [4.78, 5) is 32.0.